The first-order valence-corrected chi connectivity index (χ1v) is 5.90. The number of halogens is 1. The fourth-order valence-electron chi connectivity index (χ4n) is 1.70. The molecule has 0 saturated heterocycles. The summed E-state index contributed by atoms with van der Waals surface area (Å²) in [4.78, 5) is 13.6. The first-order valence-electron chi connectivity index (χ1n) is 5.10. The molecule has 0 heterocycles. The molecule has 0 radical (unpaired) electrons. The van der Waals surface area contributed by atoms with Crippen molar-refractivity contribution >= 4 is 21.8 Å². The lowest BCUT2D eigenvalue weighted by atomic mass is 10.0. The van der Waals surface area contributed by atoms with Crippen molar-refractivity contribution in [3.8, 4) is 0 Å². The summed E-state index contributed by atoms with van der Waals surface area (Å²) in [5.74, 6) is 0.700. The van der Waals surface area contributed by atoms with Crippen LogP contribution in [0.15, 0.2) is 22.7 Å². The Balaban J connectivity index is 2.41. The van der Waals surface area contributed by atoms with Crippen molar-refractivity contribution in [2.45, 2.75) is 18.8 Å². The van der Waals surface area contributed by atoms with Gasteiger partial charge in [0.05, 0.1) is 0 Å². The van der Waals surface area contributed by atoms with E-state index in [-0.39, 0.29) is 5.91 Å². The summed E-state index contributed by atoms with van der Waals surface area (Å²) in [7, 11) is 3.59. The molecular weight excluding hydrogens is 254 g/mol. The number of nitrogens with zero attached hydrogens (tertiary/aromatic N) is 1. The summed E-state index contributed by atoms with van der Waals surface area (Å²) < 4.78 is 1.06. The van der Waals surface area contributed by atoms with Gasteiger partial charge in [-0.3, -0.25) is 4.79 Å². The summed E-state index contributed by atoms with van der Waals surface area (Å²) in [5, 5.41) is 0. The molecule has 1 aromatic carbocycles. The van der Waals surface area contributed by atoms with E-state index in [0.717, 1.165) is 10.0 Å². The van der Waals surface area contributed by atoms with Crippen LogP contribution in [0.3, 0.4) is 0 Å². The van der Waals surface area contributed by atoms with Crippen molar-refractivity contribution in [3.63, 3.8) is 0 Å². The molecule has 0 spiro atoms. The second kappa shape index (κ2) is 3.97. The Morgan fingerprint density at radius 2 is 2.07 bits per heavy atom. The number of rotatable bonds is 2. The lowest BCUT2D eigenvalue weighted by molar-refractivity contribution is 0.0826. The molecular formula is C12H14BrNO. The van der Waals surface area contributed by atoms with Crippen molar-refractivity contribution in [3.05, 3.63) is 33.8 Å². The number of amides is 1. The number of hydrogen-bond donors (Lipinski definition) is 0. The van der Waals surface area contributed by atoms with E-state index in [0.29, 0.717) is 5.92 Å². The molecule has 2 rings (SSSR count). The average Bonchev–Trinajstić information content (AvgIpc) is 2.99. The van der Waals surface area contributed by atoms with Crippen molar-refractivity contribution in [2.24, 2.45) is 0 Å². The van der Waals surface area contributed by atoms with Gasteiger partial charge in [0, 0.05) is 24.1 Å². The van der Waals surface area contributed by atoms with Crippen LogP contribution in [-0.4, -0.2) is 24.9 Å². The fourth-order valence-corrected chi connectivity index (χ4v) is 2.08. The Morgan fingerprint density at radius 1 is 1.40 bits per heavy atom. The minimum atomic E-state index is 0.101. The molecule has 15 heavy (non-hydrogen) atoms. The molecule has 2 nitrogen and oxygen atoms in total. The van der Waals surface area contributed by atoms with Gasteiger partial charge in [-0.25, -0.2) is 0 Å². The first kappa shape index (κ1) is 10.7. The molecule has 0 aromatic heterocycles. The van der Waals surface area contributed by atoms with Crippen LogP contribution in [0.2, 0.25) is 0 Å². The van der Waals surface area contributed by atoms with Crippen molar-refractivity contribution in [1.82, 2.24) is 4.90 Å². The van der Waals surface area contributed by atoms with Gasteiger partial charge in [-0.05, 0) is 42.5 Å². The highest BCUT2D eigenvalue weighted by Crippen LogP contribution is 2.42. The molecule has 1 saturated carbocycles. The minimum absolute atomic E-state index is 0.101. The average molecular weight is 268 g/mol. The van der Waals surface area contributed by atoms with Crippen molar-refractivity contribution in [1.29, 1.82) is 0 Å². The quantitative estimate of drug-likeness (QED) is 0.807. The monoisotopic (exact) mass is 267 g/mol. The van der Waals surface area contributed by atoms with Gasteiger partial charge in [-0.1, -0.05) is 15.9 Å². The summed E-state index contributed by atoms with van der Waals surface area (Å²) >= 11 is 3.45. The molecule has 80 valence electrons. The number of hydrogen-bond acceptors (Lipinski definition) is 1. The standard InChI is InChI=1S/C12H14BrNO/c1-14(2)12(15)10-6-5-9(13)7-11(10)8-3-4-8/h5-8H,3-4H2,1-2H3. The van der Waals surface area contributed by atoms with E-state index >= 15 is 0 Å². The van der Waals surface area contributed by atoms with E-state index in [4.69, 9.17) is 0 Å². The van der Waals surface area contributed by atoms with E-state index in [1.807, 2.05) is 12.1 Å². The van der Waals surface area contributed by atoms with Crippen molar-refractivity contribution in [2.75, 3.05) is 14.1 Å². The van der Waals surface area contributed by atoms with Gasteiger partial charge >= 0.3 is 0 Å². The van der Waals surface area contributed by atoms with Crippen LogP contribution in [0.4, 0.5) is 0 Å². The molecule has 0 aliphatic heterocycles. The van der Waals surface area contributed by atoms with Crippen LogP contribution >= 0.6 is 15.9 Å². The second-order valence-corrected chi connectivity index (χ2v) is 5.12. The third-order valence-electron chi connectivity index (χ3n) is 2.67. The van der Waals surface area contributed by atoms with Crippen LogP contribution in [0, 0.1) is 0 Å². The topological polar surface area (TPSA) is 20.3 Å². The van der Waals surface area contributed by atoms with Gasteiger partial charge in [-0.15, -0.1) is 0 Å². The zero-order chi connectivity index (χ0) is 11.0. The van der Waals surface area contributed by atoms with Gasteiger partial charge in [0.2, 0.25) is 0 Å². The molecule has 1 amide bonds. The maximum atomic E-state index is 11.9. The smallest absolute Gasteiger partial charge is 0.253 e. The molecule has 0 unspecified atom stereocenters. The minimum Gasteiger partial charge on any atom is -0.345 e. The summed E-state index contributed by atoms with van der Waals surface area (Å²) in [6, 6.07) is 5.93. The van der Waals surface area contributed by atoms with Crippen molar-refractivity contribution < 1.29 is 4.79 Å². The van der Waals surface area contributed by atoms with E-state index in [9.17, 15) is 4.79 Å². The summed E-state index contributed by atoms with van der Waals surface area (Å²) in [6.45, 7) is 0. The Morgan fingerprint density at radius 3 is 2.60 bits per heavy atom. The lowest BCUT2D eigenvalue weighted by Gasteiger charge is -2.14. The molecule has 1 aliphatic rings. The zero-order valence-electron chi connectivity index (χ0n) is 8.96. The van der Waals surface area contributed by atoms with E-state index < -0.39 is 0 Å². The Hall–Kier alpha value is -0.830. The number of carbonyl (C=O) groups is 1. The lowest BCUT2D eigenvalue weighted by Crippen LogP contribution is -2.22. The highest BCUT2D eigenvalue weighted by molar-refractivity contribution is 9.10. The first-order chi connectivity index (χ1) is 7.09. The van der Waals surface area contributed by atoms with E-state index in [2.05, 4.69) is 22.0 Å². The predicted molar refractivity (Wildman–Crippen MR) is 64.1 cm³/mol. The summed E-state index contributed by atoms with van der Waals surface area (Å²) in [5.41, 5.74) is 2.05. The third-order valence-corrected chi connectivity index (χ3v) is 3.16. The SMILES string of the molecule is CN(C)C(=O)c1ccc(Br)cc1C1CC1. The Labute approximate surface area is 98.4 Å². The third kappa shape index (κ3) is 2.23. The van der Waals surface area contributed by atoms with Gasteiger partial charge in [0.25, 0.3) is 5.91 Å². The zero-order valence-corrected chi connectivity index (χ0v) is 10.5. The maximum absolute atomic E-state index is 11.9. The van der Waals surface area contributed by atoms with Crippen LogP contribution in [0.25, 0.3) is 0 Å². The largest absolute Gasteiger partial charge is 0.345 e. The predicted octanol–water partition coefficient (Wildman–Crippen LogP) is 3.03. The fraction of sp³-hybridized carbons (Fsp3) is 0.417. The molecule has 0 atom stereocenters. The van der Waals surface area contributed by atoms with E-state index in [1.165, 1.54) is 18.4 Å². The molecule has 1 aliphatic carbocycles. The van der Waals surface area contributed by atoms with Gasteiger partial charge in [-0.2, -0.15) is 0 Å². The Kier molecular flexibility index (Phi) is 2.83. The molecule has 3 heteroatoms. The normalized spacial score (nSPS) is 15.1. The Bertz CT molecular complexity index is 397. The number of carbonyl (C=O) groups excluding carboxylic acids is 1. The van der Waals surface area contributed by atoms with Crippen LogP contribution in [0.5, 0.6) is 0 Å². The van der Waals surface area contributed by atoms with Crippen LogP contribution < -0.4 is 0 Å². The molecule has 1 fully saturated rings. The highest BCUT2D eigenvalue weighted by atomic mass is 79.9. The number of benzene rings is 1. The van der Waals surface area contributed by atoms with Crippen LogP contribution in [0.1, 0.15) is 34.7 Å². The molecule has 0 N–H and O–H groups in total. The highest BCUT2D eigenvalue weighted by Gasteiger charge is 2.28. The second-order valence-electron chi connectivity index (χ2n) is 4.21. The maximum Gasteiger partial charge on any atom is 0.253 e. The van der Waals surface area contributed by atoms with E-state index in [1.54, 1.807) is 19.0 Å². The molecule has 0 bridgehead atoms. The van der Waals surface area contributed by atoms with Gasteiger partial charge < -0.3 is 4.90 Å². The van der Waals surface area contributed by atoms with Crippen LogP contribution in [-0.2, 0) is 0 Å². The van der Waals surface area contributed by atoms with Gasteiger partial charge in [0.15, 0.2) is 0 Å². The summed E-state index contributed by atoms with van der Waals surface area (Å²) in [6.07, 6.45) is 2.42. The van der Waals surface area contributed by atoms with Gasteiger partial charge in [0.1, 0.15) is 0 Å². The molecule has 1 aromatic rings.